The molecule has 5 heteroatoms. The van der Waals surface area contributed by atoms with E-state index in [0.717, 1.165) is 6.42 Å². The number of pyridine rings is 1. The molecule has 2 atom stereocenters. The molecule has 1 heterocycles. The lowest BCUT2D eigenvalue weighted by Crippen LogP contribution is -2.45. The van der Waals surface area contributed by atoms with Gasteiger partial charge in [-0.15, -0.1) is 0 Å². The van der Waals surface area contributed by atoms with Crippen LogP contribution in [-0.2, 0) is 0 Å². The van der Waals surface area contributed by atoms with Crippen molar-refractivity contribution in [3.8, 4) is 0 Å². The first-order chi connectivity index (χ1) is 8.36. The smallest absolute Gasteiger partial charge is 0.270 e. The first-order valence-electron chi connectivity index (χ1n) is 6.00. The molecule has 100 valence electrons. The monoisotopic (exact) mass is 270 g/mol. The van der Waals surface area contributed by atoms with Crippen LogP contribution in [0.5, 0.6) is 0 Å². The lowest BCUT2D eigenvalue weighted by atomic mass is 9.88. The zero-order valence-corrected chi connectivity index (χ0v) is 11.7. The maximum atomic E-state index is 11.8. The fraction of sp³-hybridized carbons (Fsp3) is 0.538. The maximum Gasteiger partial charge on any atom is 0.270 e. The lowest BCUT2D eigenvalue weighted by molar-refractivity contribution is 0.00588. The number of carbonyl (C=O) groups excluding carboxylic acids is 1. The van der Waals surface area contributed by atoms with E-state index in [4.69, 9.17) is 11.6 Å². The Morgan fingerprint density at radius 3 is 2.83 bits per heavy atom. The fourth-order valence-electron chi connectivity index (χ4n) is 1.50. The molecule has 0 bridgehead atoms. The third kappa shape index (κ3) is 3.96. The minimum atomic E-state index is -0.928. The Kier molecular flexibility index (Phi) is 5.11. The van der Waals surface area contributed by atoms with Crippen molar-refractivity contribution < 1.29 is 9.90 Å². The van der Waals surface area contributed by atoms with Gasteiger partial charge in [-0.3, -0.25) is 4.79 Å². The number of aliphatic hydroxyl groups is 1. The summed E-state index contributed by atoms with van der Waals surface area (Å²) in [6.45, 7) is 5.85. The predicted molar refractivity (Wildman–Crippen MR) is 71.7 cm³/mol. The highest BCUT2D eigenvalue weighted by atomic mass is 35.5. The molecule has 1 aromatic heterocycles. The van der Waals surface area contributed by atoms with E-state index in [9.17, 15) is 9.90 Å². The van der Waals surface area contributed by atoms with Crippen LogP contribution in [0, 0.1) is 5.92 Å². The molecular formula is C13H19ClN2O2. The molecule has 1 aromatic rings. The Labute approximate surface area is 112 Å². The van der Waals surface area contributed by atoms with Crippen LogP contribution in [0.4, 0.5) is 0 Å². The third-order valence-electron chi connectivity index (χ3n) is 3.23. The molecule has 1 amide bonds. The van der Waals surface area contributed by atoms with E-state index in [2.05, 4.69) is 10.3 Å². The Hall–Kier alpha value is -1.13. The van der Waals surface area contributed by atoms with Crippen LogP contribution in [-0.4, -0.2) is 28.1 Å². The average Bonchev–Trinajstić information content (AvgIpc) is 2.35. The number of halogens is 1. The summed E-state index contributed by atoms with van der Waals surface area (Å²) in [7, 11) is 0. The van der Waals surface area contributed by atoms with Crippen molar-refractivity contribution in [2.75, 3.05) is 6.54 Å². The molecule has 18 heavy (non-hydrogen) atoms. The predicted octanol–water partition coefficient (Wildman–Crippen LogP) is 2.26. The molecule has 0 saturated carbocycles. The molecule has 0 saturated heterocycles. The highest BCUT2D eigenvalue weighted by molar-refractivity contribution is 6.29. The van der Waals surface area contributed by atoms with Crippen molar-refractivity contribution >= 4 is 17.5 Å². The summed E-state index contributed by atoms with van der Waals surface area (Å²) < 4.78 is 0. The number of rotatable bonds is 5. The van der Waals surface area contributed by atoms with Gasteiger partial charge in [-0.2, -0.15) is 0 Å². The van der Waals surface area contributed by atoms with E-state index in [-0.39, 0.29) is 29.2 Å². The number of amides is 1. The molecule has 2 N–H and O–H groups in total. The average molecular weight is 271 g/mol. The van der Waals surface area contributed by atoms with Gasteiger partial charge in [-0.1, -0.05) is 37.9 Å². The quantitative estimate of drug-likeness (QED) is 0.807. The number of nitrogens with zero attached hydrogens (tertiary/aromatic N) is 1. The largest absolute Gasteiger partial charge is 0.388 e. The van der Waals surface area contributed by atoms with Gasteiger partial charge in [-0.25, -0.2) is 4.98 Å². The van der Waals surface area contributed by atoms with Crippen LogP contribution in [0.2, 0.25) is 5.15 Å². The molecule has 0 aliphatic rings. The van der Waals surface area contributed by atoms with Gasteiger partial charge in [0.2, 0.25) is 0 Å². The van der Waals surface area contributed by atoms with Crippen molar-refractivity contribution in [3.63, 3.8) is 0 Å². The molecule has 0 aromatic carbocycles. The van der Waals surface area contributed by atoms with E-state index in [1.165, 1.54) is 0 Å². The van der Waals surface area contributed by atoms with Crippen LogP contribution >= 0.6 is 11.6 Å². The minimum Gasteiger partial charge on any atom is -0.388 e. The molecule has 2 unspecified atom stereocenters. The topological polar surface area (TPSA) is 62.2 Å². The normalized spacial score (nSPS) is 15.8. The zero-order valence-electron chi connectivity index (χ0n) is 10.9. The summed E-state index contributed by atoms with van der Waals surface area (Å²) in [6, 6.07) is 4.85. The van der Waals surface area contributed by atoms with Gasteiger partial charge in [0.15, 0.2) is 0 Å². The molecular weight excluding hydrogens is 252 g/mol. The standard InChI is InChI=1S/C13H19ClN2O2/c1-4-9(2)13(3,18)8-15-12(17)10-6-5-7-11(14)16-10/h5-7,9,18H,4,8H2,1-3H3,(H,15,17). The van der Waals surface area contributed by atoms with Crippen molar-refractivity contribution in [1.82, 2.24) is 10.3 Å². The number of carbonyl (C=O) groups is 1. The van der Waals surface area contributed by atoms with E-state index in [1.807, 2.05) is 13.8 Å². The Morgan fingerprint density at radius 1 is 1.61 bits per heavy atom. The first kappa shape index (κ1) is 14.9. The molecule has 4 nitrogen and oxygen atoms in total. The maximum absolute atomic E-state index is 11.8. The lowest BCUT2D eigenvalue weighted by Gasteiger charge is -2.29. The van der Waals surface area contributed by atoms with Gasteiger partial charge in [0.05, 0.1) is 5.60 Å². The molecule has 0 radical (unpaired) electrons. The highest BCUT2D eigenvalue weighted by Crippen LogP contribution is 2.18. The molecule has 0 fully saturated rings. The van der Waals surface area contributed by atoms with Crippen molar-refractivity contribution in [1.29, 1.82) is 0 Å². The summed E-state index contributed by atoms with van der Waals surface area (Å²) in [6.07, 6.45) is 0.846. The summed E-state index contributed by atoms with van der Waals surface area (Å²) in [5.74, 6) is -0.230. The van der Waals surface area contributed by atoms with E-state index in [1.54, 1.807) is 25.1 Å². The van der Waals surface area contributed by atoms with Crippen molar-refractivity contribution in [2.45, 2.75) is 32.8 Å². The van der Waals surface area contributed by atoms with Gasteiger partial charge in [0, 0.05) is 6.54 Å². The molecule has 0 spiro atoms. The Bertz CT molecular complexity index is 421. The number of aromatic nitrogens is 1. The van der Waals surface area contributed by atoms with Crippen LogP contribution in [0.15, 0.2) is 18.2 Å². The second-order valence-electron chi connectivity index (χ2n) is 4.69. The van der Waals surface area contributed by atoms with Crippen LogP contribution < -0.4 is 5.32 Å². The van der Waals surface area contributed by atoms with Gasteiger partial charge >= 0.3 is 0 Å². The molecule has 0 aliphatic carbocycles. The van der Waals surface area contributed by atoms with Crippen LogP contribution in [0.1, 0.15) is 37.7 Å². The summed E-state index contributed by atoms with van der Waals surface area (Å²) >= 11 is 5.71. The second-order valence-corrected chi connectivity index (χ2v) is 5.08. The number of nitrogens with one attached hydrogen (secondary N) is 1. The number of hydrogen-bond acceptors (Lipinski definition) is 3. The van der Waals surface area contributed by atoms with Crippen LogP contribution in [0.25, 0.3) is 0 Å². The summed E-state index contributed by atoms with van der Waals surface area (Å²) in [5, 5.41) is 13.1. The van der Waals surface area contributed by atoms with E-state index in [0.29, 0.717) is 0 Å². The van der Waals surface area contributed by atoms with Gasteiger partial charge in [0.1, 0.15) is 10.8 Å². The SMILES string of the molecule is CCC(C)C(C)(O)CNC(=O)c1cccc(Cl)n1. The van der Waals surface area contributed by atoms with Gasteiger partial charge in [0.25, 0.3) is 5.91 Å². The highest BCUT2D eigenvalue weighted by Gasteiger charge is 2.27. The fourth-order valence-corrected chi connectivity index (χ4v) is 1.66. The van der Waals surface area contributed by atoms with Gasteiger partial charge in [-0.05, 0) is 25.0 Å². The van der Waals surface area contributed by atoms with Gasteiger partial charge < -0.3 is 10.4 Å². The summed E-state index contributed by atoms with van der Waals surface area (Å²) in [4.78, 5) is 15.7. The van der Waals surface area contributed by atoms with Crippen LogP contribution in [0.3, 0.4) is 0 Å². The first-order valence-corrected chi connectivity index (χ1v) is 6.37. The molecule has 1 rings (SSSR count). The zero-order chi connectivity index (χ0) is 13.8. The summed E-state index contributed by atoms with van der Waals surface area (Å²) in [5.41, 5.74) is -0.675. The Balaban J connectivity index is 2.61. The van der Waals surface area contributed by atoms with E-state index >= 15 is 0 Å². The van der Waals surface area contributed by atoms with Crippen molar-refractivity contribution in [2.24, 2.45) is 5.92 Å². The number of hydrogen-bond donors (Lipinski definition) is 2. The minimum absolute atomic E-state index is 0.102. The van der Waals surface area contributed by atoms with E-state index < -0.39 is 5.60 Å². The Morgan fingerprint density at radius 2 is 2.28 bits per heavy atom. The second kappa shape index (κ2) is 6.16. The van der Waals surface area contributed by atoms with Crippen molar-refractivity contribution in [3.05, 3.63) is 29.0 Å². The molecule has 0 aliphatic heterocycles. The third-order valence-corrected chi connectivity index (χ3v) is 3.44.